The van der Waals surface area contributed by atoms with Crippen molar-refractivity contribution in [1.29, 1.82) is 0 Å². The van der Waals surface area contributed by atoms with Crippen molar-refractivity contribution in [1.82, 2.24) is 87.8 Å². The number of hydrogen-bond acceptors (Lipinski definition) is 23. The van der Waals surface area contributed by atoms with Crippen LogP contribution >= 0.6 is 46.4 Å². The van der Waals surface area contributed by atoms with Gasteiger partial charge in [0.1, 0.15) is 45.7 Å². The topological polar surface area (TPSA) is 363 Å². The second kappa shape index (κ2) is 35.4. The average molecular weight is 1730 g/mol. The molecule has 0 radical (unpaired) electrons. The molecule has 12 heterocycles. The minimum Gasteiger partial charge on any atom is -0.410 e. The molecule has 18 aromatic rings. The van der Waals surface area contributed by atoms with Gasteiger partial charge in [0, 0.05) is 113 Å². The van der Waals surface area contributed by atoms with Crippen LogP contribution in [0.15, 0.2) is 202 Å². The molecule has 596 valence electrons. The maximum absolute atomic E-state index is 13.7. The molecule has 0 saturated carbocycles. The molecule has 6 aromatic carbocycles. The Morgan fingerprint density at radius 2 is 0.880 bits per heavy atom. The van der Waals surface area contributed by atoms with Crippen LogP contribution in [0.3, 0.4) is 0 Å². The molecule has 1 atom stereocenters. The zero-order chi connectivity index (χ0) is 80.6. The largest absolute Gasteiger partial charge is 0.410 e. The Labute approximate surface area is 701 Å². The summed E-state index contributed by atoms with van der Waals surface area (Å²) in [5.74, 6) is 3.37. The number of carbonyl (C=O) groups is 1. The van der Waals surface area contributed by atoms with E-state index in [1.54, 1.807) is 53.1 Å². The number of nitrogens with one attached hydrogen (secondary N) is 1. The predicted octanol–water partition coefficient (Wildman–Crippen LogP) is 13.6. The molecule has 0 spiro atoms. The van der Waals surface area contributed by atoms with Crippen LogP contribution in [-0.2, 0) is 83.2 Å². The van der Waals surface area contributed by atoms with E-state index in [4.69, 9.17) is 30.4 Å². The number of aromatic nitrogens is 18. The third-order valence-corrected chi connectivity index (χ3v) is 26.8. The Morgan fingerprint density at radius 3 is 1.34 bits per heavy atom. The number of rotatable bonds is 22. The number of nitrogens with zero attached hydrogens (tertiary/aromatic N) is 18. The molecule has 0 amide bonds. The number of ether oxygens (including phenoxy) is 2. The molecule has 1 unspecified atom stereocenters. The minimum atomic E-state index is -1.16. The number of fused-ring (bicyclic) bond motifs is 12. The summed E-state index contributed by atoms with van der Waals surface area (Å²) in [6.45, 7) is 17.2. The van der Waals surface area contributed by atoms with Crippen molar-refractivity contribution >= 4 is 171 Å². The third kappa shape index (κ3) is 17.0. The van der Waals surface area contributed by atoms with Crippen LogP contribution in [0.1, 0.15) is 59.2 Å². The van der Waals surface area contributed by atoms with E-state index in [1.165, 1.54) is 48.1 Å². The summed E-state index contributed by atoms with van der Waals surface area (Å²) < 4.78 is 27.9. The van der Waals surface area contributed by atoms with Gasteiger partial charge in [-0.3, -0.25) is 24.3 Å². The van der Waals surface area contributed by atoms with E-state index in [2.05, 4.69) is 91.0 Å². The normalized spacial score (nSPS) is 12.2. The summed E-state index contributed by atoms with van der Waals surface area (Å²) in [5, 5.41) is 56.3. The van der Waals surface area contributed by atoms with Gasteiger partial charge in [-0.25, -0.2) is 44.3 Å². The Hall–Kier alpha value is -11.1. The monoisotopic (exact) mass is 1730 g/mol. The van der Waals surface area contributed by atoms with Crippen molar-refractivity contribution in [2.75, 3.05) is 13.2 Å². The van der Waals surface area contributed by atoms with Crippen molar-refractivity contribution in [3.05, 3.63) is 262 Å². The zero-order valence-corrected chi connectivity index (χ0v) is 73.9. The first-order chi connectivity index (χ1) is 55.6. The molecular formula is C81H84ClN21O8S3Si2Zn. The van der Waals surface area contributed by atoms with E-state index in [0.29, 0.717) is 87.6 Å². The molecule has 7 N–H and O–H groups in total. The van der Waals surface area contributed by atoms with Gasteiger partial charge in [-0.1, -0.05) is 172 Å². The second-order valence-corrected chi connectivity index (χ2v) is 44.4. The van der Waals surface area contributed by atoms with Gasteiger partial charge >= 0.3 is 0 Å². The molecule has 0 fully saturated rings. The van der Waals surface area contributed by atoms with Crippen LogP contribution < -0.4 is 28.3 Å². The number of thiazole rings is 3. The zero-order valence-electron chi connectivity index (χ0n) is 65.7. The number of ketones is 1. The van der Waals surface area contributed by atoms with Crippen LogP contribution in [0.2, 0.25) is 51.4 Å². The van der Waals surface area contributed by atoms with Crippen molar-refractivity contribution in [3.8, 4) is 0 Å². The van der Waals surface area contributed by atoms with Crippen LogP contribution in [0.4, 0.5) is 0 Å². The van der Waals surface area contributed by atoms with Gasteiger partial charge in [0.25, 0.3) is 16.7 Å². The first-order valence-corrected chi connectivity index (χ1v) is 46.9. The van der Waals surface area contributed by atoms with Crippen molar-refractivity contribution in [2.24, 2.45) is 37.9 Å². The number of hydrogen-bond donors (Lipinski definition) is 5. The summed E-state index contributed by atoms with van der Waals surface area (Å²) in [6.07, 6.45) is 10.6. The quantitative estimate of drug-likeness (QED) is 0.0105. The van der Waals surface area contributed by atoms with Crippen molar-refractivity contribution in [2.45, 2.75) is 90.5 Å². The fourth-order valence-corrected chi connectivity index (χ4v) is 18.7. The Morgan fingerprint density at radius 1 is 0.487 bits per heavy atom. The fraction of sp³-hybridized carbons (Fsp3) is 0.235. The summed E-state index contributed by atoms with van der Waals surface area (Å²) in [6, 6.07) is 48.1. The summed E-state index contributed by atoms with van der Waals surface area (Å²) in [7, 11) is 3.18. The summed E-state index contributed by atoms with van der Waals surface area (Å²) in [5.41, 5.74) is 18.0. The SMILES string of the molecule is Cl.Cn1c2nc(/C(=N\O)c3ccccc3)sc2c2cnn(Cc3cccc4c3cnn4COCC[Si](C)(C)C)c(=O)c21.Cn1c2nc(C(=O)c3ccccc3)sc2c2cnn(Cc3cccc4c3cnn4COCC[Si](C)(C)C)c(=O)c21.Cn1c2nc(C(N)c3ccccc3)sc2c2cnn(Cc3cccc4[nH]ncc34)c(=O)c21.NO.[Zn]. The Kier molecular flexibility index (Phi) is 25.4. The molecule has 29 nitrogen and oxygen atoms in total. The maximum atomic E-state index is 13.7. The summed E-state index contributed by atoms with van der Waals surface area (Å²) >= 11 is 4.18. The number of carbonyl (C=O) groups excluding carboxylic acids is 1. The van der Waals surface area contributed by atoms with E-state index in [-0.39, 0.29) is 60.4 Å². The van der Waals surface area contributed by atoms with Gasteiger partial charge in [-0.05, 0) is 52.5 Å². The number of aromatic amines is 1. The molecule has 12 aromatic heterocycles. The number of aryl methyl sites for hydroxylation is 3. The van der Waals surface area contributed by atoms with Crippen molar-refractivity contribution in [3.63, 3.8) is 0 Å². The summed E-state index contributed by atoms with van der Waals surface area (Å²) in [4.78, 5) is 67.7. The van der Waals surface area contributed by atoms with E-state index < -0.39 is 16.1 Å². The Bertz CT molecular complexity index is 6870. The predicted molar refractivity (Wildman–Crippen MR) is 465 cm³/mol. The molecule has 36 heteroatoms. The minimum absolute atomic E-state index is 0. The standard InChI is InChI=1S/C29H31N7O3SSi.C29H30N6O3SSi.C23H19N7OS.ClH.H3NO.Zn/c1-34-25-22(26-27(34)32-28(40-26)24(33-38)19-9-6-5-7-10-19)16-30-35(29(25)37)17-20-11-8-12-23-21(20)15-31-36(23)18-39-13-14-41(2,3)4;1-33-24-22(26-27(33)32-28(39-26)25(36)19-9-6-5-7-10-19)16-30-34(29(24)37)17-20-11-8-12-23-21(20)15-31-35(23)18-38-13-14-40(2,3)4;1-29-19-16(20-21(29)27-22(32-20)18(24)13-6-3-2-4-7-13)11-26-30(23(19)31)12-14-8-5-9-17-15(14)10-25-28-17;;1-2;/h5-12,15-16,38H,13-14,17-18H2,1-4H3;5-12,15-16H,13-14,17-18H2,1-4H3;2-11,18H,12,24H2,1H3,(H,25,28);1H;2H,1H2;/b33-24-;;;;;. The molecule has 0 aliphatic carbocycles. The molecule has 0 bridgehead atoms. The van der Waals surface area contributed by atoms with Crippen LogP contribution in [0.5, 0.6) is 0 Å². The smallest absolute Gasteiger partial charge is 0.291 e. The van der Waals surface area contributed by atoms with Crippen LogP contribution in [0, 0.1) is 0 Å². The van der Waals surface area contributed by atoms with E-state index in [0.717, 1.165) is 121 Å². The van der Waals surface area contributed by atoms with Crippen LogP contribution in [-0.4, -0.2) is 139 Å². The molecule has 0 saturated heterocycles. The van der Waals surface area contributed by atoms with Gasteiger partial charge in [-0.15, -0.1) is 46.4 Å². The second-order valence-electron chi connectivity index (χ2n) is 30.2. The first-order valence-electron chi connectivity index (χ1n) is 37.0. The first kappa shape index (κ1) is 83.9. The van der Waals surface area contributed by atoms with Gasteiger partial charge in [0.05, 0.1) is 93.5 Å². The van der Waals surface area contributed by atoms with Gasteiger partial charge in [0.2, 0.25) is 5.78 Å². The van der Waals surface area contributed by atoms with Crippen LogP contribution in [0.25, 0.3) is 96.5 Å². The number of nitrogens with two attached hydrogens (primary N) is 2. The number of halogens is 1. The van der Waals surface area contributed by atoms with E-state index in [1.807, 2.05) is 174 Å². The van der Waals surface area contributed by atoms with E-state index >= 15 is 0 Å². The Balaban J connectivity index is 0.000000151. The average Bonchev–Trinajstić information content (AvgIpc) is 1.59. The fourth-order valence-electron chi connectivity index (χ4n) is 13.9. The number of H-pyrrole nitrogens is 1. The van der Waals surface area contributed by atoms with Crippen molar-refractivity contribution < 1.29 is 44.2 Å². The van der Waals surface area contributed by atoms with Gasteiger partial charge in [0.15, 0.2) is 21.9 Å². The third-order valence-electron chi connectivity index (χ3n) is 20.1. The molecule has 18 rings (SSSR count). The van der Waals surface area contributed by atoms with Gasteiger partial charge < -0.3 is 39.3 Å². The maximum Gasteiger partial charge on any atom is 0.291 e. The number of oxime groups is 1. The molecule has 117 heavy (non-hydrogen) atoms. The van der Waals surface area contributed by atoms with Gasteiger partial charge in [-0.2, -0.15) is 30.6 Å². The molecule has 0 aliphatic rings. The number of benzene rings is 6. The van der Waals surface area contributed by atoms with E-state index in [9.17, 15) is 24.4 Å². The molecular weight excluding hydrogens is 1650 g/mol. The molecule has 0 aliphatic heterocycles.